The van der Waals surface area contributed by atoms with Gasteiger partial charge in [-0.1, -0.05) is 12.8 Å². The lowest BCUT2D eigenvalue weighted by molar-refractivity contribution is -0.148. The molecule has 0 bridgehead atoms. The Morgan fingerprint density at radius 3 is 2.28 bits per heavy atom. The number of rotatable bonds is 6. The Kier molecular flexibility index (Phi) is 5.91. The van der Waals surface area contributed by atoms with Gasteiger partial charge in [0.25, 0.3) is 0 Å². The Morgan fingerprint density at radius 2 is 1.80 bits per heavy atom. The Hall–Kier alpha value is -2.69. The molecule has 2 atom stereocenters. The van der Waals surface area contributed by atoms with E-state index < -0.39 is 18.4 Å². The van der Waals surface area contributed by atoms with Crippen LogP contribution in [0.1, 0.15) is 39.0 Å². The van der Waals surface area contributed by atoms with Crippen molar-refractivity contribution < 1.29 is 23.9 Å². The second-order valence-electron chi connectivity index (χ2n) is 6.33. The molecule has 1 heterocycles. The van der Waals surface area contributed by atoms with Gasteiger partial charge < -0.3 is 10.5 Å². The number of nitrogens with two attached hydrogens (primary N) is 1. The molecule has 2 aliphatic rings. The minimum absolute atomic E-state index is 0.0471. The number of amides is 2. The van der Waals surface area contributed by atoms with Gasteiger partial charge in [-0.25, -0.2) is 0 Å². The molecule has 25 heavy (non-hydrogen) atoms. The van der Waals surface area contributed by atoms with Crippen LogP contribution in [0.4, 0.5) is 0 Å². The Morgan fingerprint density at radius 1 is 1.24 bits per heavy atom. The number of ether oxygens (including phenoxy) is 1. The molecular formula is C17H21N3O5. The monoisotopic (exact) mass is 347 g/mol. The van der Waals surface area contributed by atoms with E-state index in [0.717, 1.165) is 17.7 Å². The number of carbonyl (C=O) groups is 4. The standard InChI is InChI=1S/C17H21N3O5/c1-10(19)13(8-18)14(21)9-25-15(22)6-7-20-16(23)11-4-2-3-5-12(11)17(20)24/h11-12H,2-7,9,19H2,1H3/b13-10+/t11-,12-/m1/s1. The molecule has 1 saturated heterocycles. The zero-order valence-corrected chi connectivity index (χ0v) is 14.1. The molecule has 1 saturated carbocycles. The van der Waals surface area contributed by atoms with Crippen molar-refractivity contribution in [1.29, 1.82) is 5.26 Å². The van der Waals surface area contributed by atoms with Crippen LogP contribution in [0.5, 0.6) is 0 Å². The number of imide groups is 1. The third kappa shape index (κ3) is 4.05. The molecular weight excluding hydrogens is 326 g/mol. The molecule has 2 fully saturated rings. The van der Waals surface area contributed by atoms with Crippen LogP contribution in [0, 0.1) is 23.2 Å². The van der Waals surface area contributed by atoms with Crippen LogP contribution in [0.3, 0.4) is 0 Å². The molecule has 8 nitrogen and oxygen atoms in total. The maximum atomic E-state index is 12.3. The Balaban J connectivity index is 1.83. The summed E-state index contributed by atoms with van der Waals surface area (Å²) in [6, 6.07) is 1.66. The molecule has 0 aromatic rings. The van der Waals surface area contributed by atoms with E-state index in [9.17, 15) is 19.2 Å². The first-order chi connectivity index (χ1) is 11.9. The third-order valence-corrected chi connectivity index (χ3v) is 4.62. The summed E-state index contributed by atoms with van der Waals surface area (Å²) in [5, 5.41) is 8.81. The number of carbonyl (C=O) groups excluding carboxylic acids is 4. The summed E-state index contributed by atoms with van der Waals surface area (Å²) in [5.41, 5.74) is 5.20. The molecule has 0 radical (unpaired) electrons. The SMILES string of the molecule is C/C(N)=C(/C#N)C(=O)COC(=O)CCN1C(=O)[C@@H]2CCCC[C@H]2C1=O. The fraction of sp³-hybridized carbons (Fsp3) is 0.588. The maximum Gasteiger partial charge on any atom is 0.308 e. The largest absolute Gasteiger partial charge is 0.457 e. The second-order valence-corrected chi connectivity index (χ2v) is 6.33. The van der Waals surface area contributed by atoms with Crippen LogP contribution in [0.25, 0.3) is 0 Å². The van der Waals surface area contributed by atoms with E-state index in [2.05, 4.69) is 0 Å². The van der Waals surface area contributed by atoms with Crippen molar-refractivity contribution in [2.75, 3.05) is 13.2 Å². The number of ketones is 1. The zero-order valence-electron chi connectivity index (χ0n) is 14.1. The maximum absolute atomic E-state index is 12.3. The van der Waals surface area contributed by atoms with Gasteiger partial charge >= 0.3 is 5.97 Å². The highest BCUT2D eigenvalue weighted by atomic mass is 16.5. The van der Waals surface area contributed by atoms with Crippen LogP contribution < -0.4 is 5.73 Å². The Labute approximate surface area is 145 Å². The van der Waals surface area contributed by atoms with E-state index in [1.165, 1.54) is 6.92 Å². The van der Waals surface area contributed by atoms with Crippen molar-refractivity contribution in [2.24, 2.45) is 17.6 Å². The zero-order chi connectivity index (χ0) is 18.6. The molecule has 2 amide bonds. The lowest BCUT2D eigenvalue weighted by Gasteiger charge is -2.19. The molecule has 0 aromatic heterocycles. The van der Waals surface area contributed by atoms with Crippen molar-refractivity contribution in [1.82, 2.24) is 4.90 Å². The third-order valence-electron chi connectivity index (χ3n) is 4.62. The highest BCUT2D eigenvalue weighted by Crippen LogP contribution is 2.37. The van der Waals surface area contributed by atoms with Crippen molar-refractivity contribution in [3.8, 4) is 6.07 Å². The van der Waals surface area contributed by atoms with E-state index in [1.54, 1.807) is 6.07 Å². The molecule has 8 heteroatoms. The highest BCUT2D eigenvalue weighted by molar-refractivity contribution is 6.05. The second kappa shape index (κ2) is 7.92. The van der Waals surface area contributed by atoms with Crippen LogP contribution in [0.15, 0.2) is 11.3 Å². The smallest absolute Gasteiger partial charge is 0.308 e. The predicted molar refractivity (Wildman–Crippen MR) is 85.3 cm³/mol. The fourth-order valence-electron chi connectivity index (χ4n) is 3.32. The van der Waals surface area contributed by atoms with Crippen molar-refractivity contribution in [2.45, 2.75) is 39.0 Å². The van der Waals surface area contributed by atoms with Crippen LogP contribution in [-0.2, 0) is 23.9 Å². The first kappa shape index (κ1) is 18.6. The summed E-state index contributed by atoms with van der Waals surface area (Å²) in [5.74, 6) is -2.34. The summed E-state index contributed by atoms with van der Waals surface area (Å²) in [7, 11) is 0. The summed E-state index contributed by atoms with van der Waals surface area (Å²) >= 11 is 0. The number of hydrogen-bond donors (Lipinski definition) is 1. The molecule has 2 N–H and O–H groups in total. The molecule has 0 spiro atoms. The van der Waals surface area contributed by atoms with E-state index in [4.69, 9.17) is 15.7 Å². The number of Topliss-reactive ketones (excluding diaryl/α,β-unsaturated/α-hetero) is 1. The number of allylic oxidation sites excluding steroid dienone is 1. The average Bonchev–Trinajstić information content (AvgIpc) is 2.83. The number of nitriles is 1. The average molecular weight is 347 g/mol. The fourth-order valence-corrected chi connectivity index (χ4v) is 3.32. The van der Waals surface area contributed by atoms with E-state index in [1.807, 2.05) is 0 Å². The summed E-state index contributed by atoms with van der Waals surface area (Å²) in [4.78, 5) is 49.1. The number of fused-ring (bicyclic) bond motifs is 1. The topological polar surface area (TPSA) is 131 Å². The molecule has 0 unspecified atom stereocenters. The summed E-state index contributed by atoms with van der Waals surface area (Å²) in [6.07, 6.45) is 3.12. The van der Waals surface area contributed by atoms with E-state index in [-0.39, 0.29) is 47.9 Å². The first-order valence-corrected chi connectivity index (χ1v) is 8.27. The molecule has 134 valence electrons. The first-order valence-electron chi connectivity index (χ1n) is 8.27. The van der Waals surface area contributed by atoms with Gasteiger partial charge in [0.15, 0.2) is 6.61 Å². The lowest BCUT2D eigenvalue weighted by Crippen LogP contribution is -2.33. The van der Waals surface area contributed by atoms with Crippen LogP contribution in [0.2, 0.25) is 0 Å². The van der Waals surface area contributed by atoms with E-state index >= 15 is 0 Å². The molecule has 0 aromatic carbocycles. The highest BCUT2D eigenvalue weighted by Gasteiger charge is 2.47. The van der Waals surface area contributed by atoms with Gasteiger partial charge in [0.2, 0.25) is 17.6 Å². The minimum atomic E-state index is -0.712. The van der Waals surface area contributed by atoms with Crippen molar-refractivity contribution in [3.63, 3.8) is 0 Å². The molecule has 1 aliphatic heterocycles. The summed E-state index contributed by atoms with van der Waals surface area (Å²) < 4.78 is 4.81. The number of nitrogens with zero attached hydrogens (tertiary/aromatic N) is 2. The van der Waals surface area contributed by atoms with Crippen molar-refractivity contribution >= 4 is 23.6 Å². The predicted octanol–water partition coefficient (Wildman–Crippen LogP) is 0.420. The molecule has 2 rings (SSSR count). The van der Waals surface area contributed by atoms with E-state index in [0.29, 0.717) is 12.8 Å². The van der Waals surface area contributed by atoms with Crippen molar-refractivity contribution in [3.05, 3.63) is 11.3 Å². The Bertz CT molecular complexity index is 648. The van der Waals surface area contributed by atoms with Crippen LogP contribution in [-0.4, -0.2) is 41.6 Å². The van der Waals surface area contributed by atoms with Crippen LogP contribution >= 0.6 is 0 Å². The van der Waals surface area contributed by atoms with Gasteiger partial charge in [-0.2, -0.15) is 5.26 Å². The quantitative estimate of drug-likeness (QED) is 0.319. The minimum Gasteiger partial charge on any atom is -0.457 e. The number of likely N-dealkylation sites (tertiary alicyclic amines) is 1. The van der Waals surface area contributed by atoms with Gasteiger partial charge in [0.1, 0.15) is 11.6 Å². The van der Waals surface area contributed by atoms with Gasteiger partial charge in [-0.05, 0) is 19.8 Å². The van der Waals surface area contributed by atoms with Gasteiger partial charge in [-0.15, -0.1) is 0 Å². The number of esters is 1. The molecule has 1 aliphatic carbocycles. The number of hydrogen-bond acceptors (Lipinski definition) is 7. The summed E-state index contributed by atoms with van der Waals surface area (Å²) in [6.45, 7) is 0.764. The normalized spacial score (nSPS) is 23.6. The van der Waals surface area contributed by atoms with Gasteiger partial charge in [0, 0.05) is 12.2 Å². The lowest BCUT2D eigenvalue weighted by atomic mass is 9.81. The van der Waals surface area contributed by atoms with Gasteiger partial charge in [-0.3, -0.25) is 24.1 Å². The van der Waals surface area contributed by atoms with Gasteiger partial charge in [0.05, 0.1) is 18.3 Å².